The van der Waals surface area contributed by atoms with Gasteiger partial charge in [0.15, 0.2) is 0 Å². The number of rotatable bonds is 4. The maximum Gasteiger partial charge on any atom is 0.255 e. The van der Waals surface area contributed by atoms with Crippen molar-refractivity contribution < 1.29 is 4.79 Å². The first-order chi connectivity index (χ1) is 15.2. The third-order valence-electron chi connectivity index (χ3n) is 5.46. The van der Waals surface area contributed by atoms with Crippen molar-refractivity contribution >= 4 is 23.3 Å². The molecule has 1 aliphatic heterocycles. The maximum atomic E-state index is 12.8. The molecule has 32 heavy (non-hydrogen) atoms. The minimum absolute atomic E-state index is 0.0863. The summed E-state index contributed by atoms with van der Waals surface area (Å²) in [5.41, 5.74) is 2.60. The van der Waals surface area contributed by atoms with Gasteiger partial charge in [0, 0.05) is 53.8 Å². The van der Waals surface area contributed by atoms with Gasteiger partial charge in [-0.05, 0) is 30.3 Å². The second-order valence-electron chi connectivity index (χ2n) is 9.02. The number of fused-ring (bicyclic) bond motifs is 1. The van der Waals surface area contributed by atoms with E-state index in [1.54, 1.807) is 18.3 Å². The molecule has 0 spiro atoms. The van der Waals surface area contributed by atoms with E-state index in [0.29, 0.717) is 41.7 Å². The van der Waals surface area contributed by atoms with Crippen molar-refractivity contribution in [3.8, 4) is 11.4 Å². The SMILES string of the molecule is CC(C)(C)C(=O)Nc1ncccc1CN1CCc2nc(-c3ccc(Cl)cc3)[nH]c(=O)c2C1. The summed E-state index contributed by atoms with van der Waals surface area (Å²) in [5.74, 6) is 1.03. The largest absolute Gasteiger partial charge is 0.310 e. The topological polar surface area (TPSA) is 91.0 Å². The van der Waals surface area contributed by atoms with Gasteiger partial charge in [0.1, 0.15) is 11.6 Å². The van der Waals surface area contributed by atoms with Gasteiger partial charge in [-0.25, -0.2) is 9.97 Å². The van der Waals surface area contributed by atoms with Crippen LogP contribution in [0.25, 0.3) is 11.4 Å². The number of amides is 1. The third kappa shape index (κ3) is 4.89. The number of carbonyl (C=O) groups is 1. The van der Waals surface area contributed by atoms with Crippen LogP contribution in [0.15, 0.2) is 47.4 Å². The van der Waals surface area contributed by atoms with E-state index in [1.807, 2.05) is 45.0 Å². The van der Waals surface area contributed by atoms with Gasteiger partial charge in [-0.15, -0.1) is 0 Å². The summed E-state index contributed by atoms with van der Waals surface area (Å²) in [7, 11) is 0. The van der Waals surface area contributed by atoms with Crippen LogP contribution in [0.1, 0.15) is 37.6 Å². The summed E-state index contributed by atoms with van der Waals surface area (Å²) in [6.07, 6.45) is 2.34. The number of nitrogens with one attached hydrogen (secondary N) is 2. The van der Waals surface area contributed by atoms with Crippen molar-refractivity contribution in [1.29, 1.82) is 0 Å². The molecule has 0 aliphatic carbocycles. The number of benzene rings is 1. The second-order valence-corrected chi connectivity index (χ2v) is 9.46. The molecule has 0 unspecified atom stereocenters. The van der Waals surface area contributed by atoms with Gasteiger partial charge >= 0.3 is 0 Å². The van der Waals surface area contributed by atoms with Gasteiger partial charge in [-0.2, -0.15) is 0 Å². The predicted molar refractivity (Wildman–Crippen MR) is 125 cm³/mol. The molecule has 166 valence electrons. The molecule has 3 heterocycles. The summed E-state index contributed by atoms with van der Waals surface area (Å²) in [4.78, 5) is 39.4. The van der Waals surface area contributed by atoms with E-state index in [-0.39, 0.29) is 11.5 Å². The summed E-state index contributed by atoms with van der Waals surface area (Å²) in [6, 6.07) is 11.1. The number of hydrogen-bond acceptors (Lipinski definition) is 5. The zero-order valence-electron chi connectivity index (χ0n) is 18.4. The average molecular weight is 452 g/mol. The van der Waals surface area contributed by atoms with Crippen LogP contribution in [0.5, 0.6) is 0 Å². The highest BCUT2D eigenvalue weighted by Crippen LogP contribution is 2.24. The van der Waals surface area contributed by atoms with Crippen LogP contribution < -0.4 is 10.9 Å². The third-order valence-corrected chi connectivity index (χ3v) is 5.72. The van der Waals surface area contributed by atoms with E-state index in [0.717, 1.165) is 23.4 Å². The van der Waals surface area contributed by atoms with Crippen molar-refractivity contribution in [2.45, 2.75) is 40.3 Å². The van der Waals surface area contributed by atoms with Gasteiger partial charge in [0.05, 0.1) is 11.3 Å². The lowest BCUT2D eigenvalue weighted by Crippen LogP contribution is -2.36. The molecule has 0 saturated carbocycles. The van der Waals surface area contributed by atoms with Crippen molar-refractivity contribution in [2.24, 2.45) is 5.41 Å². The Labute approximate surface area is 191 Å². The molecule has 1 aliphatic rings. The van der Waals surface area contributed by atoms with E-state index in [9.17, 15) is 9.59 Å². The molecule has 3 aromatic rings. The molecular weight excluding hydrogens is 426 g/mol. The predicted octanol–water partition coefficient (Wildman–Crippen LogP) is 4.03. The standard InChI is InChI=1S/C24H26ClN5O2/c1-24(2,3)23(32)29-20-16(5-4-11-26-20)13-30-12-10-19-18(14-30)22(31)28-21(27-19)15-6-8-17(25)9-7-15/h4-9,11H,10,12-14H2,1-3H3,(H,26,29,32)(H,27,28,31). The summed E-state index contributed by atoms with van der Waals surface area (Å²) < 4.78 is 0. The average Bonchev–Trinajstić information content (AvgIpc) is 2.75. The van der Waals surface area contributed by atoms with Gasteiger partial charge < -0.3 is 10.3 Å². The van der Waals surface area contributed by atoms with Crippen LogP contribution in [-0.2, 0) is 24.3 Å². The van der Waals surface area contributed by atoms with Crippen molar-refractivity contribution in [1.82, 2.24) is 19.9 Å². The van der Waals surface area contributed by atoms with E-state index < -0.39 is 5.41 Å². The van der Waals surface area contributed by atoms with E-state index in [2.05, 4.69) is 20.2 Å². The van der Waals surface area contributed by atoms with Crippen molar-refractivity contribution in [3.63, 3.8) is 0 Å². The Morgan fingerprint density at radius 1 is 1.22 bits per heavy atom. The fourth-order valence-corrected chi connectivity index (χ4v) is 3.70. The Morgan fingerprint density at radius 2 is 1.97 bits per heavy atom. The lowest BCUT2D eigenvalue weighted by atomic mass is 9.95. The van der Waals surface area contributed by atoms with Gasteiger partial charge in [0.2, 0.25) is 5.91 Å². The van der Waals surface area contributed by atoms with Crippen LogP contribution in [0.3, 0.4) is 0 Å². The number of hydrogen-bond donors (Lipinski definition) is 2. The smallest absolute Gasteiger partial charge is 0.255 e. The number of halogens is 1. The number of carbonyl (C=O) groups excluding carboxylic acids is 1. The van der Waals surface area contributed by atoms with Gasteiger partial charge in [-0.1, -0.05) is 38.4 Å². The Morgan fingerprint density at radius 3 is 2.69 bits per heavy atom. The van der Waals surface area contributed by atoms with Crippen LogP contribution in [0.2, 0.25) is 5.02 Å². The minimum atomic E-state index is -0.514. The first-order valence-corrected chi connectivity index (χ1v) is 10.9. The summed E-state index contributed by atoms with van der Waals surface area (Å²) >= 11 is 5.96. The van der Waals surface area contributed by atoms with Gasteiger partial charge in [0.25, 0.3) is 5.56 Å². The number of aromatic nitrogens is 3. The van der Waals surface area contributed by atoms with E-state index in [4.69, 9.17) is 16.6 Å². The Kier molecular flexibility index (Phi) is 6.13. The second kappa shape index (κ2) is 8.84. The first kappa shape index (κ1) is 22.2. The lowest BCUT2D eigenvalue weighted by molar-refractivity contribution is -0.123. The fraction of sp³-hybridized carbons (Fsp3) is 0.333. The van der Waals surface area contributed by atoms with Crippen LogP contribution in [0.4, 0.5) is 5.82 Å². The Bertz CT molecular complexity index is 1200. The molecule has 0 radical (unpaired) electrons. The molecule has 4 rings (SSSR count). The molecule has 1 amide bonds. The molecule has 2 N–H and O–H groups in total. The summed E-state index contributed by atoms with van der Waals surface area (Å²) in [5, 5.41) is 3.57. The summed E-state index contributed by atoms with van der Waals surface area (Å²) in [6.45, 7) is 7.41. The number of H-pyrrole nitrogens is 1. The number of nitrogens with zero attached hydrogens (tertiary/aromatic N) is 3. The molecule has 2 aromatic heterocycles. The number of anilines is 1. The zero-order chi connectivity index (χ0) is 22.9. The Balaban J connectivity index is 1.53. The number of pyridine rings is 1. The fourth-order valence-electron chi connectivity index (χ4n) is 3.58. The van der Waals surface area contributed by atoms with Crippen LogP contribution in [-0.4, -0.2) is 32.3 Å². The number of aromatic amines is 1. The van der Waals surface area contributed by atoms with Crippen molar-refractivity contribution in [3.05, 3.63) is 74.8 Å². The quantitative estimate of drug-likeness (QED) is 0.625. The maximum absolute atomic E-state index is 12.8. The minimum Gasteiger partial charge on any atom is -0.310 e. The highest BCUT2D eigenvalue weighted by Gasteiger charge is 2.25. The van der Waals surface area contributed by atoms with Crippen LogP contribution in [0, 0.1) is 5.41 Å². The van der Waals surface area contributed by atoms with Crippen LogP contribution >= 0.6 is 11.6 Å². The highest BCUT2D eigenvalue weighted by atomic mass is 35.5. The normalized spacial score (nSPS) is 14.1. The molecule has 0 fully saturated rings. The lowest BCUT2D eigenvalue weighted by Gasteiger charge is -2.28. The molecule has 0 atom stereocenters. The van der Waals surface area contributed by atoms with Gasteiger partial charge in [-0.3, -0.25) is 14.5 Å². The van der Waals surface area contributed by atoms with E-state index >= 15 is 0 Å². The highest BCUT2D eigenvalue weighted by molar-refractivity contribution is 6.30. The molecular formula is C24H26ClN5O2. The molecule has 1 aromatic carbocycles. The van der Waals surface area contributed by atoms with E-state index in [1.165, 1.54) is 0 Å². The first-order valence-electron chi connectivity index (χ1n) is 10.6. The monoisotopic (exact) mass is 451 g/mol. The molecule has 7 nitrogen and oxygen atoms in total. The Hall–Kier alpha value is -3.03. The van der Waals surface area contributed by atoms with Crippen molar-refractivity contribution in [2.75, 3.05) is 11.9 Å². The molecule has 0 saturated heterocycles. The molecule has 0 bridgehead atoms. The molecule has 8 heteroatoms. The zero-order valence-corrected chi connectivity index (χ0v) is 19.2.